The molecule has 1 heterocycles. The molecule has 0 aliphatic carbocycles. The van der Waals surface area contributed by atoms with E-state index in [2.05, 4.69) is 5.10 Å². The van der Waals surface area contributed by atoms with Crippen LogP contribution in [0.5, 0.6) is 0 Å². The summed E-state index contributed by atoms with van der Waals surface area (Å²) in [7, 11) is 0. The molecule has 2 N–H and O–H groups in total. The number of nitrogens with two attached hydrogens (primary N) is 1. The molecule has 0 saturated carbocycles. The number of carbonyl (C=O) groups is 2. The average molecular weight is 407 g/mol. The fourth-order valence-electron chi connectivity index (χ4n) is 2.65. The molecule has 29 heavy (non-hydrogen) atoms. The van der Waals surface area contributed by atoms with Gasteiger partial charge in [-0.25, -0.2) is 27.0 Å². The summed E-state index contributed by atoms with van der Waals surface area (Å²) in [4.78, 5) is 24.3. The number of ether oxygens (including phenoxy) is 1. The van der Waals surface area contributed by atoms with Gasteiger partial charge in [-0.05, 0) is 31.2 Å². The van der Waals surface area contributed by atoms with Crippen molar-refractivity contribution in [3.05, 3.63) is 76.5 Å². The number of ketones is 1. The van der Waals surface area contributed by atoms with Crippen molar-refractivity contribution in [1.29, 1.82) is 0 Å². The topological polar surface area (TPSA) is 87.2 Å². The van der Waals surface area contributed by atoms with Gasteiger partial charge in [0, 0.05) is 6.07 Å². The number of esters is 1. The van der Waals surface area contributed by atoms with Crippen LogP contribution in [0.1, 0.15) is 26.4 Å². The largest absolute Gasteiger partial charge is 0.454 e. The monoisotopic (exact) mass is 407 g/mol. The normalized spacial score (nSPS) is 10.8. The van der Waals surface area contributed by atoms with Gasteiger partial charge in [-0.15, -0.1) is 0 Å². The predicted molar refractivity (Wildman–Crippen MR) is 93.6 cm³/mol. The average Bonchev–Trinajstić information content (AvgIpc) is 2.96. The zero-order chi connectivity index (χ0) is 21.3. The van der Waals surface area contributed by atoms with Crippen LogP contribution in [0.3, 0.4) is 0 Å². The Balaban J connectivity index is 1.82. The van der Waals surface area contributed by atoms with E-state index in [1.165, 1.54) is 13.0 Å². The van der Waals surface area contributed by atoms with Crippen molar-refractivity contribution in [3.8, 4) is 5.69 Å². The van der Waals surface area contributed by atoms with Gasteiger partial charge in [-0.1, -0.05) is 6.07 Å². The Kier molecular flexibility index (Phi) is 5.35. The maximum absolute atomic E-state index is 13.6. The molecule has 0 aliphatic rings. The first-order valence-corrected chi connectivity index (χ1v) is 8.15. The van der Waals surface area contributed by atoms with E-state index < -0.39 is 47.2 Å². The van der Waals surface area contributed by atoms with Gasteiger partial charge in [0.1, 0.15) is 23.0 Å². The quantitative estimate of drug-likeness (QED) is 0.398. The molecule has 2 aromatic carbocycles. The van der Waals surface area contributed by atoms with Crippen LogP contribution in [0.2, 0.25) is 0 Å². The highest BCUT2D eigenvalue weighted by Crippen LogP contribution is 2.23. The lowest BCUT2D eigenvalue weighted by Gasteiger charge is -2.07. The lowest BCUT2D eigenvalue weighted by molar-refractivity contribution is 0.0472. The van der Waals surface area contributed by atoms with E-state index in [4.69, 9.17) is 10.5 Å². The highest BCUT2D eigenvalue weighted by molar-refractivity contribution is 6.01. The van der Waals surface area contributed by atoms with Gasteiger partial charge in [0.15, 0.2) is 18.2 Å². The van der Waals surface area contributed by atoms with E-state index in [0.717, 1.165) is 35.0 Å². The zero-order valence-electron chi connectivity index (χ0n) is 14.9. The van der Waals surface area contributed by atoms with Crippen LogP contribution in [0, 0.1) is 30.2 Å². The molecular weight excluding hydrogens is 394 g/mol. The minimum atomic E-state index is -1.14. The molecule has 0 spiro atoms. The van der Waals surface area contributed by atoms with Gasteiger partial charge in [0.2, 0.25) is 5.78 Å². The maximum atomic E-state index is 13.6. The van der Waals surface area contributed by atoms with Gasteiger partial charge in [-0.2, -0.15) is 5.10 Å². The first kappa shape index (κ1) is 20.1. The third-order valence-corrected chi connectivity index (χ3v) is 4.02. The SMILES string of the molecule is Cc1nn(-c2ccc(F)c(F)c2)c(N)c1C(=O)OCC(=O)c1c(F)cccc1F. The van der Waals surface area contributed by atoms with Crippen LogP contribution >= 0.6 is 0 Å². The molecular formula is C19H13F4N3O3. The summed E-state index contributed by atoms with van der Waals surface area (Å²) in [6, 6.07) is 5.77. The van der Waals surface area contributed by atoms with Crippen LogP contribution in [0.4, 0.5) is 23.4 Å². The summed E-state index contributed by atoms with van der Waals surface area (Å²) in [5.41, 5.74) is 4.95. The van der Waals surface area contributed by atoms with Gasteiger partial charge < -0.3 is 10.5 Å². The van der Waals surface area contributed by atoms with Gasteiger partial charge in [-0.3, -0.25) is 4.79 Å². The van der Waals surface area contributed by atoms with Gasteiger partial charge >= 0.3 is 5.97 Å². The van der Waals surface area contributed by atoms with Crippen LogP contribution in [0.25, 0.3) is 5.69 Å². The Bertz CT molecular complexity index is 1110. The summed E-state index contributed by atoms with van der Waals surface area (Å²) >= 11 is 0. The second-order valence-corrected chi connectivity index (χ2v) is 5.95. The zero-order valence-corrected chi connectivity index (χ0v) is 14.9. The fourth-order valence-corrected chi connectivity index (χ4v) is 2.65. The van der Waals surface area contributed by atoms with Crippen molar-refractivity contribution >= 4 is 17.6 Å². The van der Waals surface area contributed by atoms with Crippen molar-refractivity contribution < 1.29 is 31.9 Å². The molecule has 3 aromatic rings. The maximum Gasteiger partial charge on any atom is 0.344 e. The number of halogens is 4. The number of aryl methyl sites for hydroxylation is 1. The number of aromatic nitrogens is 2. The van der Waals surface area contributed by atoms with E-state index in [-0.39, 0.29) is 22.8 Å². The van der Waals surface area contributed by atoms with E-state index >= 15 is 0 Å². The Labute approximate surface area is 161 Å². The summed E-state index contributed by atoms with van der Waals surface area (Å²) in [5, 5.41) is 3.98. The predicted octanol–water partition coefficient (Wildman–Crippen LogP) is 3.36. The van der Waals surface area contributed by atoms with Crippen LogP contribution in [0.15, 0.2) is 36.4 Å². The summed E-state index contributed by atoms with van der Waals surface area (Å²) in [6.45, 7) is 0.466. The molecule has 0 fully saturated rings. The Morgan fingerprint density at radius 1 is 1.00 bits per heavy atom. The number of benzene rings is 2. The standard InChI is InChI=1S/C19H13F4N3O3/c1-9-16(18(24)26(25-9)10-5-6-11(20)14(23)7-10)19(28)29-8-15(27)17-12(21)3-2-4-13(17)22/h2-7H,8,24H2,1H3. The number of anilines is 1. The molecule has 150 valence electrons. The van der Waals surface area contributed by atoms with Crippen molar-refractivity contribution in [2.45, 2.75) is 6.92 Å². The highest BCUT2D eigenvalue weighted by atomic mass is 19.2. The Hall–Kier alpha value is -3.69. The van der Waals surface area contributed by atoms with Crippen molar-refractivity contribution in [1.82, 2.24) is 9.78 Å². The molecule has 0 saturated heterocycles. The summed E-state index contributed by atoms with van der Waals surface area (Å²) in [5.74, 6) is -6.80. The number of Topliss-reactive ketones (excluding diaryl/α,β-unsaturated/α-hetero) is 1. The first-order valence-electron chi connectivity index (χ1n) is 8.15. The summed E-state index contributed by atoms with van der Waals surface area (Å²) < 4.78 is 59.6. The second kappa shape index (κ2) is 7.74. The molecule has 0 radical (unpaired) electrons. The third-order valence-electron chi connectivity index (χ3n) is 4.02. The van der Waals surface area contributed by atoms with E-state index in [9.17, 15) is 27.2 Å². The summed E-state index contributed by atoms with van der Waals surface area (Å²) in [6.07, 6.45) is 0. The van der Waals surface area contributed by atoms with E-state index in [0.29, 0.717) is 0 Å². The molecule has 0 amide bonds. The molecule has 0 unspecified atom stereocenters. The van der Waals surface area contributed by atoms with Crippen LogP contribution in [-0.4, -0.2) is 28.1 Å². The molecule has 10 heteroatoms. The van der Waals surface area contributed by atoms with Gasteiger partial charge in [0.25, 0.3) is 0 Å². The first-order chi connectivity index (χ1) is 13.7. The third kappa shape index (κ3) is 3.82. The number of carbonyl (C=O) groups excluding carboxylic acids is 2. The Morgan fingerprint density at radius 3 is 2.28 bits per heavy atom. The minimum Gasteiger partial charge on any atom is -0.454 e. The lowest BCUT2D eigenvalue weighted by atomic mass is 10.1. The second-order valence-electron chi connectivity index (χ2n) is 5.95. The number of hydrogen-bond donors (Lipinski definition) is 1. The number of hydrogen-bond acceptors (Lipinski definition) is 5. The van der Waals surface area contributed by atoms with Gasteiger partial charge in [0.05, 0.1) is 16.9 Å². The number of nitrogens with zero attached hydrogens (tertiary/aromatic N) is 2. The highest BCUT2D eigenvalue weighted by Gasteiger charge is 2.24. The minimum absolute atomic E-state index is 0.0491. The smallest absolute Gasteiger partial charge is 0.344 e. The molecule has 0 bridgehead atoms. The van der Waals surface area contributed by atoms with E-state index in [1.807, 2.05) is 0 Å². The van der Waals surface area contributed by atoms with Crippen LogP contribution in [-0.2, 0) is 4.74 Å². The lowest BCUT2D eigenvalue weighted by Crippen LogP contribution is -2.18. The fraction of sp³-hybridized carbons (Fsp3) is 0.105. The van der Waals surface area contributed by atoms with Crippen molar-refractivity contribution in [3.63, 3.8) is 0 Å². The molecule has 0 atom stereocenters. The van der Waals surface area contributed by atoms with Crippen LogP contribution < -0.4 is 5.73 Å². The van der Waals surface area contributed by atoms with Crippen molar-refractivity contribution in [2.75, 3.05) is 12.3 Å². The van der Waals surface area contributed by atoms with Crippen molar-refractivity contribution in [2.24, 2.45) is 0 Å². The Morgan fingerprint density at radius 2 is 1.66 bits per heavy atom. The molecule has 6 nitrogen and oxygen atoms in total. The number of nitrogen functional groups attached to an aromatic ring is 1. The molecule has 1 aromatic heterocycles. The molecule has 0 aliphatic heterocycles. The number of rotatable bonds is 5. The molecule has 3 rings (SSSR count). The van der Waals surface area contributed by atoms with E-state index in [1.54, 1.807) is 0 Å².